The number of fused-ring (bicyclic) bond motifs is 1. The van der Waals surface area contributed by atoms with Gasteiger partial charge in [-0.25, -0.2) is 9.97 Å². The van der Waals surface area contributed by atoms with Gasteiger partial charge in [-0.2, -0.15) is 0 Å². The molecule has 4 rings (SSSR count). The van der Waals surface area contributed by atoms with E-state index < -0.39 is 0 Å². The van der Waals surface area contributed by atoms with E-state index in [2.05, 4.69) is 15.3 Å². The van der Waals surface area contributed by atoms with Gasteiger partial charge in [-0.3, -0.25) is 4.79 Å². The number of carbonyl (C=O) groups excluding carboxylic acids is 1. The summed E-state index contributed by atoms with van der Waals surface area (Å²) < 4.78 is 16.0. The summed E-state index contributed by atoms with van der Waals surface area (Å²) in [7, 11) is 4.86. The van der Waals surface area contributed by atoms with Crippen LogP contribution in [-0.2, 0) is 6.42 Å². The van der Waals surface area contributed by atoms with Gasteiger partial charge in [0.1, 0.15) is 17.2 Å². The molecule has 0 bridgehead atoms. The monoisotopic (exact) mass is 405 g/mol. The quantitative estimate of drug-likeness (QED) is 0.659. The lowest BCUT2D eigenvalue weighted by molar-refractivity contribution is 0.0962. The predicted molar refractivity (Wildman–Crippen MR) is 113 cm³/mol. The van der Waals surface area contributed by atoms with Crippen molar-refractivity contribution in [3.8, 4) is 17.2 Å². The number of aromatic nitrogens is 2. The van der Waals surface area contributed by atoms with E-state index in [1.54, 1.807) is 27.5 Å². The lowest BCUT2D eigenvalue weighted by atomic mass is 9.82. The number of Topliss-reactive ketones (excluding diaryl/α,β-unsaturated/α-hetero) is 1. The van der Waals surface area contributed by atoms with Crippen molar-refractivity contribution < 1.29 is 19.0 Å². The van der Waals surface area contributed by atoms with Gasteiger partial charge in [0.15, 0.2) is 5.78 Å². The molecule has 7 nitrogen and oxygen atoms in total. The lowest BCUT2D eigenvalue weighted by Crippen LogP contribution is -2.21. The number of hydrogen-bond acceptors (Lipinski definition) is 7. The highest BCUT2D eigenvalue weighted by molar-refractivity contribution is 5.98. The molecule has 1 aliphatic rings. The van der Waals surface area contributed by atoms with Gasteiger partial charge in [-0.1, -0.05) is 6.07 Å². The standard InChI is InChI=1S/C23H23N3O4/c1-28-16-6-4-15(5-7-16)25-23-24-13-19-20(26-23)10-14(11-21(19)27)18-9-8-17(29-2)12-22(18)30-3/h4-9,12-14H,10-11H2,1-3H3,(H,24,25,26)/t14-/m1/s1. The van der Waals surface area contributed by atoms with Crippen LogP contribution in [0.3, 0.4) is 0 Å². The number of ketones is 1. The van der Waals surface area contributed by atoms with Crippen LogP contribution in [-0.4, -0.2) is 37.1 Å². The number of methoxy groups -OCH3 is 3. The normalized spacial score (nSPS) is 15.3. The molecule has 2 aromatic carbocycles. The second kappa shape index (κ2) is 8.41. The first-order valence-corrected chi connectivity index (χ1v) is 9.63. The van der Waals surface area contributed by atoms with Crippen molar-refractivity contribution in [2.45, 2.75) is 18.8 Å². The molecular formula is C23H23N3O4. The maximum atomic E-state index is 12.8. The third-order valence-corrected chi connectivity index (χ3v) is 5.27. The Morgan fingerprint density at radius 3 is 2.37 bits per heavy atom. The van der Waals surface area contributed by atoms with Gasteiger partial charge < -0.3 is 19.5 Å². The topological polar surface area (TPSA) is 82.6 Å². The number of ether oxygens (including phenoxy) is 3. The Hall–Kier alpha value is -3.61. The molecule has 1 aliphatic carbocycles. The van der Waals surface area contributed by atoms with E-state index >= 15 is 0 Å². The summed E-state index contributed by atoms with van der Waals surface area (Å²) in [6.07, 6.45) is 2.63. The molecule has 0 unspecified atom stereocenters. The summed E-state index contributed by atoms with van der Waals surface area (Å²) in [5.74, 6) is 2.67. The molecule has 3 aromatic rings. The molecular weight excluding hydrogens is 382 g/mol. The molecule has 1 heterocycles. The Labute approximate surface area is 175 Å². The minimum Gasteiger partial charge on any atom is -0.497 e. The van der Waals surface area contributed by atoms with Gasteiger partial charge >= 0.3 is 0 Å². The third-order valence-electron chi connectivity index (χ3n) is 5.27. The van der Waals surface area contributed by atoms with Crippen molar-refractivity contribution in [1.29, 1.82) is 0 Å². The summed E-state index contributed by atoms with van der Waals surface area (Å²) in [4.78, 5) is 21.7. The molecule has 30 heavy (non-hydrogen) atoms. The lowest BCUT2D eigenvalue weighted by Gasteiger charge is -2.25. The Morgan fingerprint density at radius 2 is 1.67 bits per heavy atom. The zero-order chi connectivity index (χ0) is 21.1. The molecule has 7 heteroatoms. The Bertz CT molecular complexity index is 1070. The van der Waals surface area contributed by atoms with Gasteiger partial charge in [0.25, 0.3) is 0 Å². The fraction of sp³-hybridized carbons (Fsp3) is 0.261. The second-order valence-electron chi connectivity index (χ2n) is 7.04. The first kappa shape index (κ1) is 19.7. The van der Waals surface area contributed by atoms with Gasteiger partial charge in [-0.05, 0) is 42.3 Å². The van der Waals surface area contributed by atoms with E-state index in [1.165, 1.54) is 0 Å². The van der Waals surface area contributed by atoms with Gasteiger partial charge in [0.2, 0.25) is 5.95 Å². The number of anilines is 2. The zero-order valence-corrected chi connectivity index (χ0v) is 17.1. The summed E-state index contributed by atoms with van der Waals surface area (Å²) in [5, 5.41) is 3.18. The van der Waals surface area contributed by atoms with E-state index in [0.29, 0.717) is 35.9 Å². The van der Waals surface area contributed by atoms with Crippen LogP contribution in [0, 0.1) is 0 Å². The minimum atomic E-state index is -0.0189. The molecule has 0 radical (unpaired) electrons. The number of benzene rings is 2. The highest BCUT2D eigenvalue weighted by Gasteiger charge is 2.30. The van der Waals surface area contributed by atoms with Crippen LogP contribution in [0.5, 0.6) is 17.2 Å². The van der Waals surface area contributed by atoms with Crippen LogP contribution < -0.4 is 19.5 Å². The fourth-order valence-electron chi connectivity index (χ4n) is 3.68. The fourth-order valence-corrected chi connectivity index (χ4v) is 3.68. The van der Waals surface area contributed by atoms with Crippen molar-refractivity contribution in [1.82, 2.24) is 9.97 Å². The molecule has 1 N–H and O–H groups in total. The molecule has 1 atom stereocenters. The summed E-state index contributed by atoms with van der Waals surface area (Å²) in [6.45, 7) is 0. The molecule has 0 fully saturated rings. The van der Waals surface area contributed by atoms with Crippen molar-refractivity contribution in [2.24, 2.45) is 0 Å². The SMILES string of the molecule is COc1ccc(Nc2ncc3c(n2)C[C@@H](c2ccc(OC)cc2OC)CC3=O)cc1. The summed E-state index contributed by atoms with van der Waals surface area (Å²) in [6, 6.07) is 13.2. The predicted octanol–water partition coefficient (Wildman–Crippen LogP) is 4.16. The second-order valence-corrected chi connectivity index (χ2v) is 7.04. The number of rotatable bonds is 6. The van der Waals surface area contributed by atoms with Crippen molar-refractivity contribution in [3.05, 3.63) is 65.5 Å². The number of nitrogens with one attached hydrogen (secondary N) is 1. The molecule has 0 saturated heterocycles. The minimum absolute atomic E-state index is 0.0189. The largest absolute Gasteiger partial charge is 0.497 e. The first-order valence-electron chi connectivity index (χ1n) is 9.63. The van der Waals surface area contributed by atoms with Crippen molar-refractivity contribution in [2.75, 3.05) is 26.6 Å². The van der Waals surface area contributed by atoms with Crippen LogP contribution >= 0.6 is 0 Å². The summed E-state index contributed by atoms with van der Waals surface area (Å²) in [5.41, 5.74) is 3.13. The van der Waals surface area contributed by atoms with E-state index in [9.17, 15) is 4.79 Å². The molecule has 154 valence electrons. The van der Waals surface area contributed by atoms with Crippen LogP contribution in [0.4, 0.5) is 11.6 Å². The van der Waals surface area contributed by atoms with E-state index in [-0.39, 0.29) is 11.7 Å². The van der Waals surface area contributed by atoms with Crippen LogP contribution in [0.2, 0.25) is 0 Å². The molecule has 0 spiro atoms. The Morgan fingerprint density at radius 1 is 0.933 bits per heavy atom. The van der Waals surface area contributed by atoms with Gasteiger partial charge in [0, 0.05) is 30.3 Å². The van der Waals surface area contributed by atoms with Gasteiger partial charge in [0.05, 0.1) is 32.6 Å². The Balaban J connectivity index is 1.60. The van der Waals surface area contributed by atoms with Crippen LogP contribution in [0.15, 0.2) is 48.7 Å². The molecule has 0 saturated carbocycles. The van der Waals surface area contributed by atoms with E-state index in [4.69, 9.17) is 14.2 Å². The van der Waals surface area contributed by atoms with Gasteiger partial charge in [-0.15, -0.1) is 0 Å². The zero-order valence-electron chi connectivity index (χ0n) is 17.1. The first-order chi connectivity index (χ1) is 14.6. The van der Waals surface area contributed by atoms with E-state index in [0.717, 1.165) is 22.7 Å². The van der Waals surface area contributed by atoms with Crippen molar-refractivity contribution >= 4 is 17.4 Å². The smallest absolute Gasteiger partial charge is 0.227 e. The third kappa shape index (κ3) is 3.91. The number of nitrogens with zero attached hydrogens (tertiary/aromatic N) is 2. The highest BCUT2D eigenvalue weighted by Crippen LogP contribution is 2.38. The number of carbonyl (C=O) groups is 1. The molecule has 1 aromatic heterocycles. The van der Waals surface area contributed by atoms with Crippen LogP contribution in [0.25, 0.3) is 0 Å². The molecule has 0 aliphatic heterocycles. The molecule has 0 amide bonds. The van der Waals surface area contributed by atoms with Crippen LogP contribution in [0.1, 0.15) is 34.0 Å². The van der Waals surface area contributed by atoms with E-state index in [1.807, 2.05) is 42.5 Å². The van der Waals surface area contributed by atoms with Crippen molar-refractivity contribution in [3.63, 3.8) is 0 Å². The maximum Gasteiger partial charge on any atom is 0.227 e. The summed E-state index contributed by atoms with van der Waals surface area (Å²) >= 11 is 0. The maximum absolute atomic E-state index is 12.8. The average molecular weight is 405 g/mol. The Kier molecular flexibility index (Phi) is 5.52. The average Bonchev–Trinajstić information content (AvgIpc) is 2.78. The number of hydrogen-bond donors (Lipinski definition) is 1. The highest BCUT2D eigenvalue weighted by atomic mass is 16.5.